The van der Waals surface area contributed by atoms with Gasteiger partial charge in [0.1, 0.15) is 18.1 Å². The number of aliphatic hydroxyl groups is 2. The fourth-order valence-electron chi connectivity index (χ4n) is 3.07. The Hall–Kier alpha value is -3.08. The van der Waals surface area contributed by atoms with Crippen molar-refractivity contribution in [3.63, 3.8) is 0 Å². The number of non-ortho nitro benzene ring substituents is 1. The SMILES string of the molecule is O=c1nc2oc(-c3ccc([N+](=O)[O-])cc3)cc2cn1[C@H]1C[C@H](O)[C@@H](CO)O1. The monoisotopic (exact) mass is 373 g/mol. The van der Waals surface area contributed by atoms with Crippen molar-refractivity contribution in [1.29, 1.82) is 0 Å². The molecule has 10 heteroatoms. The Kier molecular flexibility index (Phi) is 4.22. The Balaban J connectivity index is 1.69. The molecular formula is C17H15N3O7. The van der Waals surface area contributed by atoms with Gasteiger partial charge in [0.15, 0.2) is 0 Å². The number of benzene rings is 1. The molecule has 140 valence electrons. The van der Waals surface area contributed by atoms with Gasteiger partial charge in [0.25, 0.3) is 5.69 Å². The molecule has 0 amide bonds. The van der Waals surface area contributed by atoms with Gasteiger partial charge in [-0.2, -0.15) is 4.98 Å². The second-order valence-corrected chi connectivity index (χ2v) is 6.22. The number of hydrogen-bond donors (Lipinski definition) is 2. The number of furan rings is 1. The summed E-state index contributed by atoms with van der Waals surface area (Å²) in [5.41, 5.74) is 0.0817. The van der Waals surface area contributed by atoms with Gasteiger partial charge in [-0.15, -0.1) is 0 Å². The number of aromatic nitrogens is 2. The third kappa shape index (κ3) is 3.10. The van der Waals surface area contributed by atoms with Crippen LogP contribution in [0.25, 0.3) is 22.4 Å². The lowest BCUT2D eigenvalue weighted by Crippen LogP contribution is -2.27. The lowest BCUT2D eigenvalue weighted by molar-refractivity contribution is -0.384. The van der Waals surface area contributed by atoms with Gasteiger partial charge in [0.05, 0.1) is 23.0 Å². The zero-order valence-electron chi connectivity index (χ0n) is 13.9. The van der Waals surface area contributed by atoms with Crippen molar-refractivity contribution in [2.24, 2.45) is 0 Å². The number of ether oxygens (including phenoxy) is 1. The minimum Gasteiger partial charge on any atom is -0.437 e. The zero-order valence-corrected chi connectivity index (χ0v) is 13.9. The summed E-state index contributed by atoms with van der Waals surface area (Å²) in [5, 5.41) is 30.3. The number of rotatable bonds is 4. The number of fused-ring (bicyclic) bond motifs is 1. The van der Waals surface area contributed by atoms with E-state index >= 15 is 0 Å². The van der Waals surface area contributed by atoms with E-state index < -0.39 is 29.0 Å². The van der Waals surface area contributed by atoms with Gasteiger partial charge in [-0.3, -0.25) is 14.7 Å². The summed E-state index contributed by atoms with van der Waals surface area (Å²) in [4.78, 5) is 26.4. The molecule has 0 aliphatic carbocycles. The Morgan fingerprint density at radius 2 is 2.07 bits per heavy atom. The van der Waals surface area contributed by atoms with E-state index in [1.54, 1.807) is 18.2 Å². The van der Waals surface area contributed by atoms with Gasteiger partial charge in [-0.25, -0.2) is 4.79 Å². The van der Waals surface area contributed by atoms with Crippen molar-refractivity contribution in [1.82, 2.24) is 9.55 Å². The molecular weight excluding hydrogens is 358 g/mol. The quantitative estimate of drug-likeness (QED) is 0.513. The smallest absolute Gasteiger partial charge is 0.353 e. The first-order chi connectivity index (χ1) is 13.0. The first kappa shape index (κ1) is 17.3. The number of nitro benzene ring substituents is 1. The molecule has 1 aliphatic rings. The van der Waals surface area contributed by atoms with E-state index in [9.17, 15) is 25.1 Å². The number of aliphatic hydroxyl groups excluding tert-OH is 2. The molecule has 1 aliphatic heterocycles. The lowest BCUT2D eigenvalue weighted by atomic mass is 10.1. The highest BCUT2D eigenvalue weighted by Gasteiger charge is 2.35. The van der Waals surface area contributed by atoms with Crippen LogP contribution in [0.5, 0.6) is 0 Å². The van der Waals surface area contributed by atoms with Gasteiger partial charge in [-0.05, 0) is 18.2 Å². The van der Waals surface area contributed by atoms with E-state index in [1.807, 2.05) is 0 Å². The van der Waals surface area contributed by atoms with E-state index in [2.05, 4.69) is 4.98 Å². The molecule has 0 radical (unpaired) electrons. The molecule has 0 saturated carbocycles. The van der Waals surface area contributed by atoms with Crippen LogP contribution in [-0.2, 0) is 4.74 Å². The van der Waals surface area contributed by atoms with Crippen molar-refractivity contribution in [2.45, 2.75) is 24.9 Å². The highest BCUT2D eigenvalue weighted by atomic mass is 16.6. The lowest BCUT2D eigenvalue weighted by Gasteiger charge is -2.13. The van der Waals surface area contributed by atoms with Crippen LogP contribution in [0.2, 0.25) is 0 Å². The highest BCUT2D eigenvalue weighted by Crippen LogP contribution is 2.30. The molecule has 0 unspecified atom stereocenters. The van der Waals surface area contributed by atoms with E-state index in [4.69, 9.17) is 9.15 Å². The normalized spacial score (nSPS) is 22.4. The van der Waals surface area contributed by atoms with Crippen molar-refractivity contribution >= 4 is 16.8 Å². The first-order valence-corrected chi connectivity index (χ1v) is 8.18. The van der Waals surface area contributed by atoms with Crippen LogP contribution < -0.4 is 5.69 Å². The summed E-state index contributed by atoms with van der Waals surface area (Å²) in [7, 11) is 0. The zero-order chi connectivity index (χ0) is 19.1. The second kappa shape index (κ2) is 6.58. The van der Waals surface area contributed by atoms with Gasteiger partial charge in [0.2, 0.25) is 5.71 Å². The Morgan fingerprint density at radius 3 is 2.70 bits per heavy atom. The fourth-order valence-corrected chi connectivity index (χ4v) is 3.07. The first-order valence-electron chi connectivity index (χ1n) is 8.18. The highest BCUT2D eigenvalue weighted by molar-refractivity contribution is 5.79. The molecule has 2 N–H and O–H groups in total. The third-order valence-corrected chi connectivity index (χ3v) is 4.49. The molecule has 0 bridgehead atoms. The van der Waals surface area contributed by atoms with Crippen LogP contribution in [0.1, 0.15) is 12.6 Å². The van der Waals surface area contributed by atoms with E-state index in [0.717, 1.165) is 0 Å². The second-order valence-electron chi connectivity index (χ2n) is 6.22. The maximum Gasteiger partial charge on any atom is 0.353 e. The summed E-state index contributed by atoms with van der Waals surface area (Å²) < 4.78 is 12.3. The molecule has 1 fully saturated rings. The standard InChI is InChI=1S/C17H15N3O7/c21-8-14-12(22)6-15(26-14)19-7-10-5-13(27-16(10)18-17(19)23)9-1-3-11(4-2-9)20(24)25/h1-5,7,12,14-15,21-22H,6,8H2/t12-,14+,15+/m0/s1. The van der Waals surface area contributed by atoms with Crippen molar-refractivity contribution in [3.8, 4) is 11.3 Å². The van der Waals surface area contributed by atoms with Crippen LogP contribution in [-0.4, -0.2) is 43.5 Å². The predicted octanol–water partition coefficient (Wildman–Crippen LogP) is 1.21. The maximum atomic E-state index is 12.3. The summed E-state index contributed by atoms with van der Waals surface area (Å²) in [5.74, 6) is 0.408. The molecule has 3 atom stereocenters. The molecule has 10 nitrogen and oxygen atoms in total. The van der Waals surface area contributed by atoms with Crippen LogP contribution in [0.4, 0.5) is 5.69 Å². The van der Waals surface area contributed by atoms with E-state index in [0.29, 0.717) is 16.7 Å². The third-order valence-electron chi connectivity index (χ3n) is 4.49. The maximum absolute atomic E-state index is 12.3. The molecule has 1 aromatic carbocycles. The van der Waals surface area contributed by atoms with Crippen LogP contribution in [0.3, 0.4) is 0 Å². The van der Waals surface area contributed by atoms with E-state index in [1.165, 1.54) is 22.9 Å². The minimum absolute atomic E-state index is 0.0388. The largest absolute Gasteiger partial charge is 0.437 e. The Morgan fingerprint density at radius 1 is 1.33 bits per heavy atom. The number of nitrogens with zero attached hydrogens (tertiary/aromatic N) is 3. The van der Waals surface area contributed by atoms with Gasteiger partial charge in [-0.1, -0.05) is 0 Å². The molecule has 0 spiro atoms. The average Bonchev–Trinajstić information content (AvgIpc) is 3.23. The Labute approximate surface area is 151 Å². The molecule has 1 saturated heterocycles. The average molecular weight is 373 g/mol. The van der Waals surface area contributed by atoms with Gasteiger partial charge in [0, 0.05) is 30.3 Å². The summed E-state index contributed by atoms with van der Waals surface area (Å²) in [6.07, 6.45) is -0.689. The predicted molar refractivity (Wildman–Crippen MR) is 92.0 cm³/mol. The fraction of sp³-hybridized carbons (Fsp3) is 0.294. The number of hydrogen-bond acceptors (Lipinski definition) is 8. The molecule has 4 rings (SSSR count). The minimum atomic E-state index is -0.873. The molecule has 27 heavy (non-hydrogen) atoms. The van der Waals surface area contributed by atoms with Crippen LogP contribution in [0.15, 0.2) is 45.7 Å². The van der Waals surface area contributed by atoms with Crippen molar-refractivity contribution in [3.05, 3.63) is 57.1 Å². The van der Waals surface area contributed by atoms with Crippen LogP contribution >= 0.6 is 0 Å². The van der Waals surface area contributed by atoms with Crippen molar-refractivity contribution in [2.75, 3.05) is 6.61 Å². The summed E-state index contributed by atoms with van der Waals surface area (Å²) >= 11 is 0. The molecule has 3 heterocycles. The van der Waals surface area contributed by atoms with Gasteiger partial charge < -0.3 is 19.4 Å². The van der Waals surface area contributed by atoms with Crippen LogP contribution in [0, 0.1) is 10.1 Å². The van der Waals surface area contributed by atoms with E-state index in [-0.39, 0.29) is 24.4 Å². The molecule has 3 aromatic rings. The van der Waals surface area contributed by atoms with Crippen molar-refractivity contribution < 1.29 is 24.3 Å². The molecule has 2 aromatic heterocycles. The summed E-state index contributed by atoms with van der Waals surface area (Å²) in [6, 6.07) is 7.47. The Bertz CT molecular complexity index is 1060. The number of nitro groups is 1. The van der Waals surface area contributed by atoms with Gasteiger partial charge >= 0.3 is 5.69 Å². The summed E-state index contributed by atoms with van der Waals surface area (Å²) in [6.45, 7) is -0.349. The topological polar surface area (TPSA) is 141 Å².